The highest BCUT2D eigenvalue weighted by molar-refractivity contribution is 6.11. The Labute approximate surface area is 233 Å². The topological polar surface area (TPSA) is 130 Å². The summed E-state index contributed by atoms with van der Waals surface area (Å²) in [5, 5.41) is 19.6. The molecule has 0 bridgehead atoms. The average Bonchev–Trinajstić information content (AvgIpc) is 3.14. The maximum Gasteiger partial charge on any atom is 0.251 e. The van der Waals surface area contributed by atoms with Gasteiger partial charge < -0.3 is 25.8 Å². The van der Waals surface area contributed by atoms with Gasteiger partial charge in [0.1, 0.15) is 11.5 Å². The Morgan fingerprint density at radius 3 is 2.21 bits per heavy atom. The monoisotopic (exact) mass is 552 g/mol. The van der Waals surface area contributed by atoms with E-state index in [9.17, 15) is 19.5 Å². The first-order valence-corrected chi connectivity index (χ1v) is 12.7. The van der Waals surface area contributed by atoms with Crippen LogP contribution >= 0.6 is 12.4 Å². The van der Waals surface area contributed by atoms with E-state index in [-0.39, 0.29) is 59.5 Å². The molecule has 4 N–H and O–H groups in total. The Morgan fingerprint density at radius 1 is 0.923 bits per heavy atom. The quantitative estimate of drug-likeness (QED) is 0.315. The predicted molar refractivity (Wildman–Crippen MR) is 150 cm³/mol. The van der Waals surface area contributed by atoms with Gasteiger partial charge in [-0.15, -0.1) is 12.4 Å². The number of phenols is 1. The van der Waals surface area contributed by atoms with Crippen LogP contribution in [-0.4, -0.2) is 59.0 Å². The van der Waals surface area contributed by atoms with Crippen molar-refractivity contribution in [3.05, 3.63) is 89.2 Å². The average molecular weight is 553 g/mol. The molecule has 2 amide bonds. The van der Waals surface area contributed by atoms with Gasteiger partial charge in [-0.3, -0.25) is 19.4 Å². The molecule has 1 aromatic heterocycles. The number of carbonyl (C=O) groups is 3. The van der Waals surface area contributed by atoms with Crippen LogP contribution in [0.1, 0.15) is 63.3 Å². The molecule has 10 heteroatoms. The molecule has 2 aromatic carbocycles. The fourth-order valence-electron chi connectivity index (χ4n) is 4.35. The molecule has 9 nitrogen and oxygen atoms in total. The second kappa shape index (κ2) is 13.7. The largest absolute Gasteiger partial charge is 0.507 e. The number of nitrogens with zero attached hydrogens (tertiary/aromatic N) is 1. The number of rotatable bonds is 8. The third kappa shape index (κ3) is 7.78. The summed E-state index contributed by atoms with van der Waals surface area (Å²) < 4.78 is 5.64. The van der Waals surface area contributed by atoms with Gasteiger partial charge in [-0.05, 0) is 75.7 Å². The highest BCUT2D eigenvalue weighted by atomic mass is 35.5. The van der Waals surface area contributed by atoms with Gasteiger partial charge in [0.15, 0.2) is 5.78 Å². The molecule has 1 fully saturated rings. The van der Waals surface area contributed by atoms with Crippen LogP contribution in [0.5, 0.6) is 11.5 Å². The second-order valence-electron chi connectivity index (χ2n) is 9.49. The number of benzene rings is 2. The number of nitrogens with one attached hydrogen (secondary N) is 3. The number of amides is 2. The lowest BCUT2D eigenvalue weighted by molar-refractivity contribution is 0.0882. The van der Waals surface area contributed by atoms with Gasteiger partial charge in [-0.2, -0.15) is 0 Å². The van der Waals surface area contributed by atoms with Crippen LogP contribution in [0.2, 0.25) is 0 Å². The summed E-state index contributed by atoms with van der Waals surface area (Å²) in [5.41, 5.74) is 1.35. The van der Waals surface area contributed by atoms with Crippen LogP contribution in [0, 0.1) is 0 Å². The second-order valence-corrected chi connectivity index (χ2v) is 9.49. The van der Waals surface area contributed by atoms with E-state index in [1.165, 1.54) is 12.1 Å². The maximum atomic E-state index is 13.1. The van der Waals surface area contributed by atoms with Gasteiger partial charge in [0, 0.05) is 35.6 Å². The summed E-state index contributed by atoms with van der Waals surface area (Å²) in [5.74, 6) is -0.559. The van der Waals surface area contributed by atoms with E-state index in [4.69, 9.17) is 4.74 Å². The minimum atomic E-state index is -0.377. The number of aromatic nitrogens is 1. The molecule has 2 atom stereocenters. The van der Waals surface area contributed by atoms with Crippen LogP contribution < -0.4 is 20.7 Å². The predicted octanol–water partition coefficient (Wildman–Crippen LogP) is 3.51. The molecular formula is C29H33ClN4O5. The van der Waals surface area contributed by atoms with Crippen molar-refractivity contribution in [3.63, 3.8) is 0 Å². The number of carbonyl (C=O) groups excluding carboxylic acids is 3. The first kappa shape index (κ1) is 29.6. The number of hydrogen-bond acceptors (Lipinski definition) is 7. The van der Waals surface area contributed by atoms with Crippen LogP contribution in [-0.2, 0) is 0 Å². The van der Waals surface area contributed by atoms with Crippen LogP contribution in [0.25, 0.3) is 0 Å². The van der Waals surface area contributed by atoms with Gasteiger partial charge in [0.05, 0.1) is 23.8 Å². The van der Waals surface area contributed by atoms with E-state index in [1.54, 1.807) is 54.9 Å². The van der Waals surface area contributed by atoms with Gasteiger partial charge in [0.25, 0.3) is 11.8 Å². The summed E-state index contributed by atoms with van der Waals surface area (Å²) >= 11 is 0. The Bertz CT molecular complexity index is 1280. The van der Waals surface area contributed by atoms with Crippen LogP contribution in [0.15, 0.2) is 67.0 Å². The van der Waals surface area contributed by atoms with Gasteiger partial charge in [-0.1, -0.05) is 12.1 Å². The van der Waals surface area contributed by atoms with E-state index in [1.807, 2.05) is 13.8 Å². The van der Waals surface area contributed by atoms with Gasteiger partial charge in [0.2, 0.25) is 0 Å². The third-order valence-corrected chi connectivity index (χ3v) is 6.29. The highest BCUT2D eigenvalue weighted by Gasteiger charge is 2.27. The fourth-order valence-corrected chi connectivity index (χ4v) is 4.35. The van der Waals surface area contributed by atoms with Crippen molar-refractivity contribution < 1.29 is 24.2 Å². The summed E-state index contributed by atoms with van der Waals surface area (Å²) in [7, 11) is 0. The lowest BCUT2D eigenvalue weighted by atomic mass is 10.00. The lowest BCUT2D eigenvalue weighted by Gasteiger charge is -2.27. The molecular weight excluding hydrogens is 520 g/mol. The highest BCUT2D eigenvalue weighted by Crippen LogP contribution is 2.26. The van der Waals surface area contributed by atoms with E-state index in [0.717, 1.165) is 13.0 Å². The smallest absolute Gasteiger partial charge is 0.251 e. The van der Waals surface area contributed by atoms with Gasteiger partial charge >= 0.3 is 0 Å². The van der Waals surface area contributed by atoms with Crippen molar-refractivity contribution in [2.24, 2.45) is 0 Å². The summed E-state index contributed by atoms with van der Waals surface area (Å²) in [6, 6.07) is 13.5. The number of halogens is 1. The Hall–Kier alpha value is -3.95. The van der Waals surface area contributed by atoms with Crippen molar-refractivity contribution in [2.45, 2.75) is 44.9 Å². The first-order valence-electron chi connectivity index (χ1n) is 12.7. The van der Waals surface area contributed by atoms with Crippen LogP contribution in [0.3, 0.4) is 0 Å². The van der Waals surface area contributed by atoms with Crippen molar-refractivity contribution in [1.29, 1.82) is 0 Å². The number of ketones is 1. The standard InChI is InChI=1S/C29H32N4O5.ClH/c1-18(2)38-22-9-10-26(34)23(16-22)27(35)19-5-7-20(8-6-19)28(36)32-24-4-3-13-31-17-25(24)33-29(37)21-11-14-30-15-12-21;/h5-12,14-16,18,24-25,31,34H,3-4,13,17H2,1-2H3,(H,32,36)(H,33,37);1H/t24-,25-;/m1./s1. The molecule has 206 valence electrons. The molecule has 39 heavy (non-hydrogen) atoms. The zero-order valence-electron chi connectivity index (χ0n) is 21.8. The van der Waals surface area contributed by atoms with E-state index in [2.05, 4.69) is 20.9 Å². The van der Waals surface area contributed by atoms with E-state index in [0.29, 0.717) is 35.4 Å². The molecule has 1 saturated heterocycles. The van der Waals surface area contributed by atoms with Crippen molar-refractivity contribution in [3.8, 4) is 11.5 Å². The number of hydrogen-bond donors (Lipinski definition) is 4. The van der Waals surface area contributed by atoms with E-state index >= 15 is 0 Å². The Morgan fingerprint density at radius 2 is 1.54 bits per heavy atom. The SMILES string of the molecule is CC(C)Oc1ccc(O)c(C(=O)c2ccc(C(=O)N[C@@H]3CCCNC[C@H]3NC(=O)c3ccncc3)cc2)c1.Cl. The normalized spacial score (nSPS) is 16.9. The zero-order valence-corrected chi connectivity index (χ0v) is 22.7. The number of phenolic OH excluding ortho intramolecular Hbond substituents is 1. The number of aromatic hydroxyl groups is 1. The zero-order chi connectivity index (χ0) is 27.1. The number of pyridine rings is 1. The van der Waals surface area contributed by atoms with Crippen molar-refractivity contribution >= 4 is 30.0 Å². The van der Waals surface area contributed by atoms with Gasteiger partial charge in [-0.25, -0.2) is 0 Å². The molecule has 2 heterocycles. The molecule has 1 aliphatic rings. The van der Waals surface area contributed by atoms with E-state index < -0.39 is 0 Å². The maximum absolute atomic E-state index is 13.1. The first-order chi connectivity index (χ1) is 18.3. The minimum absolute atomic E-state index is 0. The minimum Gasteiger partial charge on any atom is -0.507 e. The summed E-state index contributed by atoms with van der Waals surface area (Å²) in [4.78, 5) is 42.8. The van der Waals surface area contributed by atoms with Crippen molar-refractivity contribution in [2.75, 3.05) is 13.1 Å². The molecule has 1 aliphatic heterocycles. The fraction of sp³-hybridized carbons (Fsp3) is 0.310. The molecule has 0 radical (unpaired) electrons. The lowest BCUT2D eigenvalue weighted by Crippen LogP contribution is -2.54. The molecule has 0 spiro atoms. The molecule has 3 aromatic rings. The van der Waals surface area contributed by atoms with Crippen molar-refractivity contribution in [1.82, 2.24) is 20.9 Å². The molecule has 0 saturated carbocycles. The van der Waals surface area contributed by atoms with Crippen LogP contribution in [0.4, 0.5) is 0 Å². The summed E-state index contributed by atoms with van der Waals surface area (Å²) in [6.07, 6.45) is 4.60. The number of ether oxygens (including phenoxy) is 1. The molecule has 4 rings (SSSR count). The Balaban J connectivity index is 0.00000420. The molecule has 0 unspecified atom stereocenters. The Kier molecular flexibility index (Phi) is 10.4. The third-order valence-electron chi connectivity index (χ3n) is 6.29. The molecule has 0 aliphatic carbocycles. The summed E-state index contributed by atoms with van der Waals surface area (Å²) in [6.45, 7) is 5.07.